The monoisotopic (exact) mass is 393 g/mol. The fourth-order valence-corrected chi connectivity index (χ4v) is 4.63. The van der Waals surface area contributed by atoms with Crippen molar-refractivity contribution in [3.8, 4) is 0 Å². The SMILES string of the molecule is CCc1c(C)nc2n(c1=O)CC(C(=O)Nc1nc(CC(N)=O)cs1)CS2. The maximum Gasteiger partial charge on any atom is 0.257 e. The van der Waals surface area contributed by atoms with E-state index in [-0.39, 0.29) is 23.8 Å². The number of hydrogen-bond acceptors (Lipinski definition) is 7. The van der Waals surface area contributed by atoms with Crippen LogP contribution in [0.3, 0.4) is 0 Å². The average molecular weight is 393 g/mol. The number of amides is 2. The lowest BCUT2D eigenvalue weighted by atomic mass is 10.1. The zero-order chi connectivity index (χ0) is 18.8. The van der Waals surface area contributed by atoms with Gasteiger partial charge in [0.05, 0.1) is 18.0 Å². The molecule has 26 heavy (non-hydrogen) atoms. The number of rotatable bonds is 5. The molecule has 3 rings (SSSR count). The second kappa shape index (κ2) is 7.58. The lowest BCUT2D eigenvalue weighted by Crippen LogP contribution is -2.38. The second-order valence-corrected chi connectivity index (χ2v) is 7.86. The fraction of sp³-hybridized carbons (Fsp3) is 0.438. The van der Waals surface area contributed by atoms with E-state index in [1.54, 1.807) is 9.95 Å². The molecule has 0 saturated carbocycles. The second-order valence-electron chi connectivity index (χ2n) is 6.01. The molecule has 0 aromatic carbocycles. The number of carbonyl (C=O) groups is 2. The predicted octanol–water partition coefficient (Wildman–Crippen LogP) is 0.959. The smallest absolute Gasteiger partial charge is 0.257 e. The van der Waals surface area contributed by atoms with E-state index in [0.29, 0.717) is 40.3 Å². The molecule has 2 amide bonds. The first-order valence-electron chi connectivity index (χ1n) is 8.15. The van der Waals surface area contributed by atoms with Gasteiger partial charge in [0.15, 0.2) is 10.3 Å². The summed E-state index contributed by atoms with van der Waals surface area (Å²) in [5.41, 5.74) is 7.04. The maximum absolute atomic E-state index is 12.6. The number of thiazole rings is 1. The molecular formula is C16H19N5O3S2. The molecule has 0 radical (unpaired) electrons. The highest BCUT2D eigenvalue weighted by Crippen LogP contribution is 2.27. The summed E-state index contributed by atoms with van der Waals surface area (Å²) >= 11 is 2.65. The van der Waals surface area contributed by atoms with E-state index in [1.165, 1.54) is 23.1 Å². The molecule has 1 unspecified atom stereocenters. The lowest BCUT2D eigenvalue weighted by Gasteiger charge is -2.24. The number of nitrogens with zero attached hydrogens (tertiary/aromatic N) is 3. The van der Waals surface area contributed by atoms with Gasteiger partial charge < -0.3 is 11.1 Å². The van der Waals surface area contributed by atoms with Crippen LogP contribution in [0, 0.1) is 12.8 Å². The molecule has 3 N–H and O–H groups in total. The van der Waals surface area contributed by atoms with Crippen molar-refractivity contribution in [3.05, 3.63) is 32.7 Å². The van der Waals surface area contributed by atoms with E-state index >= 15 is 0 Å². The predicted molar refractivity (Wildman–Crippen MR) is 100 cm³/mol. The van der Waals surface area contributed by atoms with Crippen LogP contribution in [0.15, 0.2) is 15.3 Å². The molecule has 2 aromatic heterocycles. The highest BCUT2D eigenvalue weighted by molar-refractivity contribution is 7.99. The van der Waals surface area contributed by atoms with E-state index in [9.17, 15) is 14.4 Å². The molecule has 1 aliphatic heterocycles. The number of nitrogens with two attached hydrogens (primary N) is 1. The minimum atomic E-state index is -0.470. The normalized spacial score (nSPS) is 16.2. The standard InChI is InChI=1S/C16H19N5O3S2/c1-3-11-8(2)18-16-21(14(11)24)5-9(6-26-16)13(23)20-15-19-10(7-25-15)4-12(17)22/h7,9H,3-6H2,1-2H3,(H2,17,22)(H,19,20,23). The number of anilines is 1. The van der Waals surface area contributed by atoms with Crippen LogP contribution in [0.2, 0.25) is 0 Å². The Labute approximate surface area is 158 Å². The largest absolute Gasteiger partial charge is 0.369 e. The van der Waals surface area contributed by atoms with Gasteiger partial charge in [-0.1, -0.05) is 18.7 Å². The van der Waals surface area contributed by atoms with Crippen molar-refractivity contribution in [2.75, 3.05) is 11.1 Å². The molecule has 10 heteroatoms. The summed E-state index contributed by atoms with van der Waals surface area (Å²) in [6.07, 6.45) is 0.653. The van der Waals surface area contributed by atoms with Crippen LogP contribution in [-0.2, 0) is 29.0 Å². The van der Waals surface area contributed by atoms with Gasteiger partial charge in [0.2, 0.25) is 11.8 Å². The Morgan fingerprint density at radius 1 is 1.42 bits per heavy atom. The third-order valence-electron chi connectivity index (χ3n) is 4.11. The van der Waals surface area contributed by atoms with Crippen LogP contribution >= 0.6 is 23.1 Å². The third-order valence-corrected chi connectivity index (χ3v) is 6.06. The molecule has 0 bridgehead atoms. The first kappa shape index (κ1) is 18.6. The zero-order valence-corrected chi connectivity index (χ0v) is 16.1. The van der Waals surface area contributed by atoms with Gasteiger partial charge in [0, 0.05) is 28.9 Å². The molecule has 0 aliphatic carbocycles. The highest BCUT2D eigenvalue weighted by Gasteiger charge is 2.28. The highest BCUT2D eigenvalue weighted by atomic mass is 32.2. The number of aromatic nitrogens is 3. The van der Waals surface area contributed by atoms with Crippen molar-refractivity contribution >= 4 is 40.0 Å². The molecule has 0 saturated heterocycles. The van der Waals surface area contributed by atoms with Crippen LogP contribution in [-0.4, -0.2) is 32.1 Å². The molecule has 1 aliphatic rings. The van der Waals surface area contributed by atoms with E-state index in [4.69, 9.17) is 5.73 Å². The maximum atomic E-state index is 12.6. The first-order chi connectivity index (χ1) is 12.4. The van der Waals surface area contributed by atoms with Crippen molar-refractivity contribution in [2.45, 2.75) is 38.4 Å². The molecule has 3 heterocycles. The van der Waals surface area contributed by atoms with Crippen LogP contribution < -0.4 is 16.6 Å². The minimum Gasteiger partial charge on any atom is -0.369 e. The number of carbonyl (C=O) groups excluding carboxylic acids is 2. The Kier molecular flexibility index (Phi) is 5.42. The Morgan fingerprint density at radius 2 is 2.19 bits per heavy atom. The van der Waals surface area contributed by atoms with Gasteiger partial charge in [-0.15, -0.1) is 11.3 Å². The van der Waals surface area contributed by atoms with Crippen molar-refractivity contribution in [1.82, 2.24) is 14.5 Å². The quantitative estimate of drug-likeness (QED) is 0.730. The van der Waals surface area contributed by atoms with Crippen molar-refractivity contribution in [3.63, 3.8) is 0 Å². The van der Waals surface area contributed by atoms with Crippen molar-refractivity contribution < 1.29 is 9.59 Å². The third kappa shape index (κ3) is 3.80. The Balaban J connectivity index is 1.74. The summed E-state index contributed by atoms with van der Waals surface area (Å²) in [7, 11) is 0. The van der Waals surface area contributed by atoms with Crippen LogP contribution in [0.25, 0.3) is 0 Å². The number of fused-ring (bicyclic) bond motifs is 1. The van der Waals surface area contributed by atoms with Gasteiger partial charge in [-0.05, 0) is 13.3 Å². The minimum absolute atomic E-state index is 0.0409. The Bertz CT molecular complexity index is 921. The molecule has 1 atom stereocenters. The average Bonchev–Trinajstić information content (AvgIpc) is 3.01. The molecule has 0 fully saturated rings. The number of aryl methyl sites for hydroxylation is 1. The summed E-state index contributed by atoms with van der Waals surface area (Å²) in [6, 6.07) is 0. The fourth-order valence-electron chi connectivity index (χ4n) is 2.79. The van der Waals surface area contributed by atoms with E-state index in [2.05, 4.69) is 15.3 Å². The summed E-state index contributed by atoms with van der Waals surface area (Å²) in [4.78, 5) is 44.8. The van der Waals surface area contributed by atoms with Gasteiger partial charge in [-0.25, -0.2) is 9.97 Å². The molecule has 138 valence electrons. The van der Waals surface area contributed by atoms with Crippen molar-refractivity contribution in [1.29, 1.82) is 0 Å². The molecule has 0 spiro atoms. The number of thioether (sulfide) groups is 1. The summed E-state index contributed by atoms with van der Waals surface area (Å²) in [5.74, 6) is -0.484. The number of primary amides is 1. The van der Waals surface area contributed by atoms with Gasteiger partial charge in [-0.2, -0.15) is 0 Å². The molecule has 8 nitrogen and oxygen atoms in total. The molecule has 2 aromatic rings. The van der Waals surface area contributed by atoms with Gasteiger partial charge in [0.1, 0.15) is 0 Å². The lowest BCUT2D eigenvalue weighted by molar-refractivity contribution is -0.120. The number of hydrogen-bond donors (Lipinski definition) is 2. The van der Waals surface area contributed by atoms with E-state index in [1.807, 2.05) is 13.8 Å². The number of nitrogens with one attached hydrogen (secondary N) is 1. The summed E-state index contributed by atoms with van der Waals surface area (Å²) < 4.78 is 1.59. The van der Waals surface area contributed by atoms with Crippen molar-refractivity contribution in [2.24, 2.45) is 11.7 Å². The van der Waals surface area contributed by atoms with Crippen LogP contribution in [0.1, 0.15) is 23.9 Å². The van der Waals surface area contributed by atoms with Gasteiger partial charge >= 0.3 is 0 Å². The zero-order valence-electron chi connectivity index (χ0n) is 14.4. The van der Waals surface area contributed by atoms with Crippen LogP contribution in [0.4, 0.5) is 5.13 Å². The molecular weight excluding hydrogens is 374 g/mol. The first-order valence-corrected chi connectivity index (χ1v) is 10.0. The topological polar surface area (TPSA) is 120 Å². The Morgan fingerprint density at radius 3 is 2.88 bits per heavy atom. The van der Waals surface area contributed by atoms with E-state index < -0.39 is 5.91 Å². The summed E-state index contributed by atoms with van der Waals surface area (Å²) in [5, 5.41) is 5.53. The van der Waals surface area contributed by atoms with E-state index in [0.717, 1.165) is 5.69 Å². The van der Waals surface area contributed by atoms with Gasteiger partial charge in [0.25, 0.3) is 5.56 Å². The van der Waals surface area contributed by atoms with Crippen LogP contribution in [0.5, 0.6) is 0 Å². The summed E-state index contributed by atoms with van der Waals surface area (Å²) in [6.45, 7) is 4.06. The Hall–Kier alpha value is -2.20. The van der Waals surface area contributed by atoms with Gasteiger partial charge in [-0.3, -0.25) is 19.0 Å².